The molecule has 8 bridgehead atoms. The van der Waals surface area contributed by atoms with Crippen molar-refractivity contribution in [1.82, 2.24) is 39.9 Å². The van der Waals surface area contributed by atoms with Gasteiger partial charge in [-0.2, -0.15) is 0 Å². The summed E-state index contributed by atoms with van der Waals surface area (Å²) in [5.74, 6) is 29.1. The maximum absolute atomic E-state index is 5.29. The van der Waals surface area contributed by atoms with E-state index in [9.17, 15) is 0 Å². The zero-order chi connectivity index (χ0) is 45.3. The Labute approximate surface area is 375 Å². The van der Waals surface area contributed by atoms with Crippen molar-refractivity contribution >= 4 is 44.1 Å². The van der Waals surface area contributed by atoms with E-state index in [2.05, 4.69) is 165 Å². The van der Waals surface area contributed by atoms with Gasteiger partial charge in [-0.25, -0.2) is 29.9 Å². The fourth-order valence-electron chi connectivity index (χ4n) is 7.14. The molecule has 0 aliphatic carbocycles. The Morgan fingerprint density at radius 1 is 0.312 bits per heavy atom. The topological polar surface area (TPSA) is 109 Å². The van der Waals surface area contributed by atoms with Crippen LogP contribution in [0.4, 0.5) is 0 Å². The number of hydrogen-bond acceptors (Lipinski definition) is 6. The van der Waals surface area contributed by atoms with Crippen molar-refractivity contribution in [2.45, 2.75) is 83.1 Å². The fraction of sp³-hybridized carbons (Fsp3) is 0.286. The minimum absolute atomic E-state index is 0.171. The second-order valence-corrected chi connectivity index (χ2v) is 20.7. The number of benzene rings is 4. The minimum atomic E-state index is -0.173. The first-order valence-electron chi connectivity index (χ1n) is 21.6. The number of fused-ring (bicyclic) bond motifs is 20. The van der Waals surface area contributed by atoms with Crippen LogP contribution in [0.3, 0.4) is 0 Å². The van der Waals surface area contributed by atoms with Crippen LogP contribution < -0.4 is 0 Å². The molecule has 8 heteroatoms. The average Bonchev–Trinajstić information content (AvgIpc) is 3.94. The molecule has 0 amide bonds. The predicted octanol–water partition coefficient (Wildman–Crippen LogP) is 12.5. The average molecular weight is 835 g/mol. The first kappa shape index (κ1) is 41.8. The van der Waals surface area contributed by atoms with Crippen molar-refractivity contribution in [3.05, 3.63) is 95.1 Å². The third-order valence-corrected chi connectivity index (χ3v) is 10.2. The van der Waals surface area contributed by atoms with Crippen LogP contribution in [0.25, 0.3) is 89.7 Å². The molecule has 4 aromatic carbocycles. The molecule has 0 unspecified atom stereocenters. The van der Waals surface area contributed by atoms with Crippen LogP contribution in [-0.2, 0) is 0 Å². The molecule has 7 aromatic rings. The van der Waals surface area contributed by atoms with E-state index in [-0.39, 0.29) is 21.7 Å². The van der Waals surface area contributed by atoms with Gasteiger partial charge in [0.2, 0.25) is 0 Å². The molecule has 314 valence electrons. The van der Waals surface area contributed by atoms with Gasteiger partial charge in [0.15, 0.2) is 23.3 Å². The molecule has 2 aliphatic heterocycles. The number of aromatic nitrogens is 8. The highest BCUT2D eigenvalue weighted by Crippen LogP contribution is 2.38. The largest absolute Gasteiger partial charge is 0.324 e. The first-order chi connectivity index (χ1) is 30.1. The summed E-state index contributed by atoms with van der Waals surface area (Å²) in [6.07, 6.45) is 0. The van der Waals surface area contributed by atoms with Crippen LogP contribution in [0.2, 0.25) is 0 Å². The normalized spacial score (nSPS) is 12.2. The molecule has 3 aromatic heterocycles. The summed E-state index contributed by atoms with van der Waals surface area (Å²) >= 11 is 0. The van der Waals surface area contributed by atoms with Gasteiger partial charge in [0.05, 0.1) is 0 Å². The molecule has 0 radical (unpaired) electrons. The van der Waals surface area contributed by atoms with Crippen LogP contribution in [0, 0.1) is 69.0 Å². The van der Waals surface area contributed by atoms with Gasteiger partial charge in [-0.05, 0) is 156 Å². The molecular formula is C56H50N8. The smallest absolute Gasteiger partial charge is 0.164 e. The maximum Gasteiger partial charge on any atom is 0.164 e. The predicted molar refractivity (Wildman–Crippen MR) is 261 cm³/mol. The zero-order valence-corrected chi connectivity index (χ0v) is 38.6. The van der Waals surface area contributed by atoms with Crippen molar-refractivity contribution in [3.63, 3.8) is 0 Å². The van der Waals surface area contributed by atoms with E-state index in [1.165, 1.54) is 0 Å². The third kappa shape index (κ3) is 8.88. The summed E-state index contributed by atoms with van der Waals surface area (Å²) < 4.78 is 0. The number of nitrogens with zero attached hydrogens (tertiary/aromatic N) is 6. The quantitative estimate of drug-likeness (QED) is 0.147. The van der Waals surface area contributed by atoms with E-state index in [0.29, 0.717) is 45.9 Å². The Kier molecular flexibility index (Phi) is 9.86. The van der Waals surface area contributed by atoms with Gasteiger partial charge in [-0.1, -0.05) is 47.4 Å². The van der Waals surface area contributed by atoms with E-state index < -0.39 is 0 Å². The standard InChI is InChI=1S/C56H50N8/c1-53(2,3)25-21-33-13-17-37-41(29-33)49-59-45(37)57-46-39-19-15-35(23-27-55(7,8)9)31-43(39)51(61-46)64-52-44-32-36(24-28-56(10,11)12)16-20-40(44)48(62-52)58-47-38-18-14-34(22-26-54(4,5)6)30-42(38)50(60-47)63-49/h13-20,29-32H,1-12H3,(H2,57,58,59,60,61,62,63,64). The van der Waals surface area contributed by atoms with E-state index >= 15 is 0 Å². The number of rotatable bonds is 0. The van der Waals surface area contributed by atoms with Gasteiger partial charge < -0.3 is 9.97 Å². The van der Waals surface area contributed by atoms with Crippen LogP contribution >= 0.6 is 0 Å². The van der Waals surface area contributed by atoms with Gasteiger partial charge in [0.25, 0.3) is 0 Å². The number of nitrogens with one attached hydrogen (secondary N) is 2. The Bertz CT molecular complexity index is 3320. The molecule has 0 saturated carbocycles. The lowest BCUT2D eigenvalue weighted by molar-refractivity contribution is 0.570. The molecule has 2 N–H and O–H groups in total. The Morgan fingerprint density at radius 3 is 0.922 bits per heavy atom. The highest BCUT2D eigenvalue weighted by Gasteiger charge is 2.23. The molecule has 0 fully saturated rings. The van der Waals surface area contributed by atoms with Crippen LogP contribution in [0.15, 0.2) is 72.8 Å². The molecular weight excluding hydrogens is 785 g/mol. The molecule has 8 nitrogen and oxygen atoms in total. The highest BCUT2D eigenvalue weighted by molar-refractivity contribution is 6.07. The second kappa shape index (κ2) is 15.1. The monoisotopic (exact) mass is 834 g/mol. The Morgan fingerprint density at radius 2 is 0.594 bits per heavy atom. The van der Waals surface area contributed by atoms with Crippen molar-refractivity contribution in [1.29, 1.82) is 0 Å². The molecule has 0 atom stereocenters. The van der Waals surface area contributed by atoms with Crippen LogP contribution in [0.1, 0.15) is 105 Å². The summed E-state index contributed by atoms with van der Waals surface area (Å²) in [5.41, 5.74) is 8.50. The first-order valence-corrected chi connectivity index (χ1v) is 21.6. The van der Waals surface area contributed by atoms with Gasteiger partial charge in [0, 0.05) is 87.7 Å². The highest BCUT2D eigenvalue weighted by atomic mass is 15.1. The summed E-state index contributed by atoms with van der Waals surface area (Å²) in [4.78, 5) is 38.6. The molecule has 5 heterocycles. The SMILES string of the molecule is CC(C)(C)C#Cc1ccc2c(c1)-c1nc-2nc2[nH]c(nc3nc(nc4[nH]c(n1)c1cc(C#CC(C)(C)C)ccc41)-c1ccc(C#CC(C)(C)C)cc1-3)c1cc(C#CC(C)(C)C)ccc21. The van der Waals surface area contributed by atoms with Crippen molar-refractivity contribution < 1.29 is 0 Å². The fourth-order valence-corrected chi connectivity index (χ4v) is 7.14. The molecule has 64 heavy (non-hydrogen) atoms. The van der Waals surface area contributed by atoms with E-state index in [0.717, 1.165) is 66.1 Å². The molecule has 0 spiro atoms. The lowest BCUT2D eigenvalue weighted by atomic mass is 9.97. The lowest BCUT2D eigenvalue weighted by Crippen LogP contribution is -1.99. The zero-order valence-electron chi connectivity index (χ0n) is 38.6. The van der Waals surface area contributed by atoms with Gasteiger partial charge >= 0.3 is 0 Å². The number of hydrogen-bond donors (Lipinski definition) is 2. The minimum Gasteiger partial charge on any atom is -0.324 e. The summed E-state index contributed by atoms with van der Waals surface area (Å²) in [5, 5.41) is 3.44. The lowest BCUT2D eigenvalue weighted by Gasteiger charge is -2.07. The maximum atomic E-state index is 5.29. The summed E-state index contributed by atoms with van der Waals surface area (Å²) in [7, 11) is 0. The van der Waals surface area contributed by atoms with Gasteiger partial charge in [-0.15, -0.1) is 0 Å². The Balaban J connectivity index is 1.41. The third-order valence-electron chi connectivity index (χ3n) is 10.2. The van der Waals surface area contributed by atoms with Crippen LogP contribution in [-0.4, -0.2) is 39.9 Å². The molecule has 9 rings (SSSR count). The van der Waals surface area contributed by atoms with E-state index in [1.54, 1.807) is 0 Å². The Hall–Kier alpha value is -7.52. The van der Waals surface area contributed by atoms with Gasteiger partial charge in [0.1, 0.15) is 22.6 Å². The number of aromatic amines is 2. The summed E-state index contributed by atoms with van der Waals surface area (Å²) in [6, 6.07) is 24.5. The van der Waals surface area contributed by atoms with Crippen molar-refractivity contribution in [3.8, 4) is 92.9 Å². The van der Waals surface area contributed by atoms with Gasteiger partial charge in [-0.3, -0.25) is 0 Å². The van der Waals surface area contributed by atoms with Crippen molar-refractivity contribution in [2.24, 2.45) is 21.7 Å². The van der Waals surface area contributed by atoms with E-state index in [1.807, 2.05) is 48.5 Å². The second-order valence-electron chi connectivity index (χ2n) is 20.7. The van der Waals surface area contributed by atoms with Crippen LogP contribution in [0.5, 0.6) is 0 Å². The molecule has 2 aliphatic rings. The number of H-pyrrole nitrogens is 2. The van der Waals surface area contributed by atoms with Crippen molar-refractivity contribution in [2.75, 3.05) is 0 Å². The molecule has 0 saturated heterocycles. The van der Waals surface area contributed by atoms with E-state index in [4.69, 9.17) is 29.9 Å². The summed E-state index contributed by atoms with van der Waals surface area (Å²) in [6.45, 7) is 25.2.